The van der Waals surface area contributed by atoms with Crippen LogP contribution in [0.1, 0.15) is 47.0 Å². The summed E-state index contributed by atoms with van der Waals surface area (Å²) in [5, 5.41) is 3.61. The second-order valence-corrected chi connectivity index (χ2v) is 7.54. The van der Waals surface area contributed by atoms with Gasteiger partial charge in [-0.1, -0.05) is 27.7 Å². The lowest BCUT2D eigenvalue weighted by Crippen LogP contribution is -2.48. The second-order valence-electron chi connectivity index (χ2n) is 7.54. The molecule has 0 aromatic heterocycles. The summed E-state index contributed by atoms with van der Waals surface area (Å²) in [6, 6.07) is 1.52. The second kappa shape index (κ2) is 7.94. The summed E-state index contributed by atoms with van der Waals surface area (Å²) in [6.07, 6.45) is 4.14. The van der Waals surface area contributed by atoms with Gasteiger partial charge >= 0.3 is 0 Å². The molecule has 1 aliphatic heterocycles. The zero-order valence-electron chi connectivity index (χ0n) is 14.9. The average molecular weight is 296 g/mol. The number of hydrogen-bond donors (Lipinski definition) is 1. The van der Waals surface area contributed by atoms with Gasteiger partial charge in [-0.2, -0.15) is 0 Å². The van der Waals surface area contributed by atoms with Crippen molar-refractivity contribution >= 4 is 0 Å². The fraction of sp³-hybridized carbons (Fsp3) is 1.00. The van der Waals surface area contributed by atoms with Crippen LogP contribution in [0.2, 0.25) is 0 Å². The first kappa shape index (κ1) is 17.2. The van der Waals surface area contributed by atoms with E-state index in [-0.39, 0.29) is 0 Å². The van der Waals surface area contributed by atoms with E-state index in [9.17, 15) is 0 Å². The van der Waals surface area contributed by atoms with Gasteiger partial charge in [0.1, 0.15) is 0 Å². The minimum absolute atomic E-state index is 0.719. The maximum absolute atomic E-state index is 3.61. The van der Waals surface area contributed by atoms with Gasteiger partial charge in [0.05, 0.1) is 0 Å². The zero-order chi connectivity index (χ0) is 15.4. The Kier molecular flexibility index (Phi) is 6.51. The highest BCUT2D eigenvalue weighted by Crippen LogP contribution is 2.34. The van der Waals surface area contributed by atoms with E-state index < -0.39 is 0 Å². The van der Waals surface area contributed by atoms with Crippen molar-refractivity contribution in [2.45, 2.75) is 59.0 Å². The van der Waals surface area contributed by atoms with Gasteiger partial charge in [-0.05, 0) is 63.7 Å². The van der Waals surface area contributed by atoms with E-state index in [4.69, 9.17) is 0 Å². The van der Waals surface area contributed by atoms with Crippen LogP contribution in [0, 0.1) is 17.8 Å². The third-order valence-electron chi connectivity index (χ3n) is 6.09. The molecule has 2 fully saturated rings. The van der Waals surface area contributed by atoms with Gasteiger partial charge < -0.3 is 10.2 Å². The normalized spacial score (nSPS) is 38.3. The monoisotopic (exact) mass is 295 g/mol. The Morgan fingerprint density at radius 3 is 2.48 bits per heavy atom. The molecule has 124 valence electrons. The Morgan fingerprint density at radius 2 is 1.86 bits per heavy atom. The number of rotatable bonds is 6. The molecule has 1 saturated heterocycles. The van der Waals surface area contributed by atoms with Gasteiger partial charge in [0.25, 0.3) is 0 Å². The number of hydrogen-bond acceptors (Lipinski definition) is 3. The number of nitrogens with one attached hydrogen (secondary N) is 1. The van der Waals surface area contributed by atoms with Crippen LogP contribution in [-0.4, -0.2) is 61.7 Å². The smallest absolute Gasteiger partial charge is 0.0235 e. The molecule has 5 atom stereocenters. The molecule has 0 bridgehead atoms. The maximum atomic E-state index is 3.61. The van der Waals surface area contributed by atoms with Crippen LogP contribution >= 0.6 is 0 Å². The topological polar surface area (TPSA) is 18.5 Å². The summed E-state index contributed by atoms with van der Waals surface area (Å²) in [5.74, 6) is 2.58. The zero-order valence-corrected chi connectivity index (χ0v) is 14.9. The van der Waals surface area contributed by atoms with Crippen molar-refractivity contribution in [3.05, 3.63) is 0 Å². The van der Waals surface area contributed by atoms with Crippen LogP contribution in [0.25, 0.3) is 0 Å². The molecule has 0 amide bonds. The van der Waals surface area contributed by atoms with Crippen LogP contribution in [0.5, 0.6) is 0 Å². The quantitative estimate of drug-likeness (QED) is 0.813. The third kappa shape index (κ3) is 4.20. The minimum atomic E-state index is 0.719. The van der Waals surface area contributed by atoms with Gasteiger partial charge in [-0.15, -0.1) is 0 Å². The fourth-order valence-corrected chi connectivity index (χ4v) is 4.86. The molecule has 0 radical (unpaired) electrons. The molecule has 1 N–H and O–H groups in total. The van der Waals surface area contributed by atoms with E-state index in [0.717, 1.165) is 29.8 Å². The molecule has 3 nitrogen and oxygen atoms in total. The summed E-state index contributed by atoms with van der Waals surface area (Å²) < 4.78 is 0. The molecule has 3 heteroatoms. The van der Waals surface area contributed by atoms with E-state index in [1.165, 1.54) is 52.0 Å². The van der Waals surface area contributed by atoms with Gasteiger partial charge in [0.15, 0.2) is 0 Å². The molecule has 1 aliphatic carbocycles. The fourth-order valence-electron chi connectivity index (χ4n) is 4.86. The Morgan fingerprint density at radius 1 is 1.14 bits per heavy atom. The first-order valence-corrected chi connectivity index (χ1v) is 9.22. The first-order valence-electron chi connectivity index (χ1n) is 9.22. The van der Waals surface area contributed by atoms with Crippen molar-refractivity contribution in [3.8, 4) is 0 Å². The molecule has 1 heterocycles. The molecule has 1 saturated carbocycles. The van der Waals surface area contributed by atoms with Gasteiger partial charge in [0.2, 0.25) is 0 Å². The molecule has 0 aromatic rings. The standard InChI is InChI=1S/C18H37N3/c1-6-21(7-2)16-8-9-20(12-16)13-17-15(4)10-14(3)11-18(17)19-5/h14-19H,6-13H2,1-5H3. The summed E-state index contributed by atoms with van der Waals surface area (Å²) >= 11 is 0. The summed E-state index contributed by atoms with van der Waals surface area (Å²) in [6.45, 7) is 15.8. The van der Waals surface area contributed by atoms with Gasteiger partial charge in [-0.3, -0.25) is 4.90 Å². The predicted molar refractivity (Wildman–Crippen MR) is 91.7 cm³/mol. The summed E-state index contributed by atoms with van der Waals surface area (Å²) in [5.41, 5.74) is 0. The van der Waals surface area contributed by atoms with Crippen LogP contribution < -0.4 is 5.32 Å². The van der Waals surface area contributed by atoms with E-state index in [0.29, 0.717) is 0 Å². The molecular weight excluding hydrogens is 258 g/mol. The predicted octanol–water partition coefficient (Wildman–Crippen LogP) is 2.67. The molecular formula is C18H37N3. The first-order chi connectivity index (χ1) is 10.1. The van der Waals surface area contributed by atoms with Gasteiger partial charge in [-0.25, -0.2) is 0 Å². The Labute approximate surface area is 132 Å². The summed E-state index contributed by atoms with van der Waals surface area (Å²) in [4.78, 5) is 5.38. The van der Waals surface area contributed by atoms with Crippen molar-refractivity contribution in [2.75, 3.05) is 39.8 Å². The largest absolute Gasteiger partial charge is 0.317 e. The van der Waals surface area contributed by atoms with Crippen LogP contribution in [0.4, 0.5) is 0 Å². The van der Waals surface area contributed by atoms with Crippen molar-refractivity contribution in [3.63, 3.8) is 0 Å². The van der Waals surface area contributed by atoms with Crippen LogP contribution in [-0.2, 0) is 0 Å². The van der Waals surface area contributed by atoms with E-state index >= 15 is 0 Å². The molecule has 21 heavy (non-hydrogen) atoms. The SMILES string of the molecule is CCN(CC)C1CCN(CC2C(C)CC(C)CC2NC)C1. The number of likely N-dealkylation sites (N-methyl/N-ethyl adjacent to an activating group) is 1. The highest BCUT2D eigenvalue weighted by molar-refractivity contribution is 4.91. The van der Waals surface area contributed by atoms with Crippen LogP contribution in [0.3, 0.4) is 0 Å². The lowest BCUT2D eigenvalue weighted by Gasteiger charge is -2.41. The summed E-state index contributed by atoms with van der Waals surface area (Å²) in [7, 11) is 2.16. The number of nitrogens with zero attached hydrogens (tertiary/aromatic N) is 2. The third-order valence-corrected chi connectivity index (χ3v) is 6.09. The van der Waals surface area contributed by atoms with E-state index in [1.807, 2.05) is 0 Å². The Balaban J connectivity index is 1.89. The molecule has 0 spiro atoms. The molecule has 5 unspecified atom stereocenters. The van der Waals surface area contributed by atoms with Gasteiger partial charge in [0, 0.05) is 25.2 Å². The molecule has 2 rings (SSSR count). The highest BCUT2D eigenvalue weighted by Gasteiger charge is 2.36. The number of likely N-dealkylation sites (tertiary alicyclic amines) is 1. The molecule has 0 aromatic carbocycles. The van der Waals surface area contributed by atoms with E-state index in [1.54, 1.807) is 0 Å². The lowest BCUT2D eigenvalue weighted by molar-refractivity contribution is 0.110. The Hall–Kier alpha value is -0.120. The van der Waals surface area contributed by atoms with Crippen molar-refractivity contribution in [1.29, 1.82) is 0 Å². The van der Waals surface area contributed by atoms with Crippen molar-refractivity contribution in [2.24, 2.45) is 17.8 Å². The lowest BCUT2D eigenvalue weighted by atomic mass is 9.72. The maximum Gasteiger partial charge on any atom is 0.0235 e. The average Bonchev–Trinajstić information content (AvgIpc) is 2.91. The Bertz CT molecular complexity index is 303. The van der Waals surface area contributed by atoms with Crippen molar-refractivity contribution in [1.82, 2.24) is 15.1 Å². The van der Waals surface area contributed by atoms with Crippen LogP contribution in [0.15, 0.2) is 0 Å². The van der Waals surface area contributed by atoms with E-state index in [2.05, 4.69) is 49.9 Å². The molecule has 2 aliphatic rings. The van der Waals surface area contributed by atoms with Crippen molar-refractivity contribution < 1.29 is 0 Å². The minimum Gasteiger partial charge on any atom is -0.317 e. The highest BCUT2D eigenvalue weighted by atomic mass is 15.2.